The van der Waals surface area contributed by atoms with E-state index in [1.165, 1.54) is 19.4 Å². The van der Waals surface area contributed by atoms with Gasteiger partial charge in [0.1, 0.15) is 17.4 Å². The van der Waals surface area contributed by atoms with E-state index in [-0.39, 0.29) is 0 Å². The molecule has 1 aliphatic rings. The van der Waals surface area contributed by atoms with Crippen LogP contribution in [-0.4, -0.2) is 29.0 Å². The van der Waals surface area contributed by atoms with Crippen molar-refractivity contribution >= 4 is 11.0 Å². The highest BCUT2D eigenvalue weighted by Crippen LogP contribution is 2.27. The number of furan rings is 1. The first-order valence-electron chi connectivity index (χ1n) is 8.85. The van der Waals surface area contributed by atoms with Crippen LogP contribution < -0.4 is 0 Å². The quantitative estimate of drug-likeness (QED) is 0.711. The van der Waals surface area contributed by atoms with E-state index in [2.05, 4.69) is 35.0 Å². The summed E-state index contributed by atoms with van der Waals surface area (Å²) in [4.78, 5) is 6.69. The second kappa shape index (κ2) is 6.70. The average molecular weight is 331 g/mol. The van der Waals surface area contributed by atoms with Crippen LogP contribution in [0, 0.1) is 11.3 Å². The van der Waals surface area contributed by atoms with E-state index in [1.807, 2.05) is 18.2 Å². The van der Waals surface area contributed by atoms with E-state index in [4.69, 9.17) is 9.68 Å². The fraction of sp³-hybridized carbons (Fsp3) is 0.333. The Morgan fingerprint density at radius 2 is 2.16 bits per heavy atom. The Bertz CT molecular complexity index is 938. The van der Waals surface area contributed by atoms with Gasteiger partial charge in [-0.05, 0) is 56.1 Å². The summed E-state index contributed by atoms with van der Waals surface area (Å²) < 4.78 is 6.00. The molecule has 1 saturated heterocycles. The van der Waals surface area contributed by atoms with E-state index in [0.717, 1.165) is 40.8 Å². The van der Waals surface area contributed by atoms with Crippen molar-refractivity contribution in [3.63, 3.8) is 0 Å². The van der Waals surface area contributed by atoms with E-state index in [1.54, 1.807) is 12.4 Å². The van der Waals surface area contributed by atoms with Gasteiger partial charge in [-0.3, -0.25) is 4.98 Å². The molecule has 126 valence electrons. The molecular weight excluding hydrogens is 310 g/mol. The Kier molecular flexibility index (Phi) is 4.25. The number of hydrogen-bond donors (Lipinski definition) is 0. The van der Waals surface area contributed by atoms with Gasteiger partial charge in [-0.2, -0.15) is 5.26 Å². The molecule has 0 aliphatic carbocycles. The number of fused-ring (bicyclic) bond motifs is 1. The molecule has 0 bridgehead atoms. The molecule has 0 spiro atoms. The first-order valence-corrected chi connectivity index (χ1v) is 8.85. The lowest BCUT2D eigenvalue weighted by Crippen LogP contribution is -2.28. The highest BCUT2D eigenvalue weighted by atomic mass is 16.3. The standard InChI is InChI=1S/C21H21N3O/c1-15-3-2-7-24(15)8-6-20-11-18-10-17(4-5-21(18)25-20)19-9-16(12-22)13-23-14-19/h4-5,9-11,13-15H,2-3,6-8H2,1H3/t15-/m1/s1. The van der Waals surface area contributed by atoms with Gasteiger partial charge in [0.25, 0.3) is 0 Å². The molecule has 0 N–H and O–H groups in total. The minimum atomic E-state index is 0.574. The van der Waals surface area contributed by atoms with Crippen LogP contribution in [0.2, 0.25) is 0 Å². The lowest BCUT2D eigenvalue weighted by molar-refractivity contribution is 0.266. The van der Waals surface area contributed by atoms with Gasteiger partial charge in [0, 0.05) is 42.4 Å². The molecule has 0 unspecified atom stereocenters. The zero-order valence-electron chi connectivity index (χ0n) is 14.4. The number of nitrogens with zero attached hydrogens (tertiary/aromatic N) is 3. The molecule has 1 aliphatic heterocycles. The molecule has 4 nitrogen and oxygen atoms in total. The largest absolute Gasteiger partial charge is 0.461 e. The number of aromatic nitrogens is 1. The van der Waals surface area contributed by atoms with E-state index in [0.29, 0.717) is 11.6 Å². The Morgan fingerprint density at radius 3 is 2.96 bits per heavy atom. The first-order chi connectivity index (χ1) is 12.2. The van der Waals surface area contributed by atoms with Crippen molar-refractivity contribution < 1.29 is 4.42 Å². The Hall–Kier alpha value is -2.64. The normalized spacial score (nSPS) is 17.8. The van der Waals surface area contributed by atoms with Crippen LogP contribution in [0.5, 0.6) is 0 Å². The number of likely N-dealkylation sites (tertiary alicyclic amines) is 1. The van der Waals surface area contributed by atoms with Crippen LogP contribution in [-0.2, 0) is 6.42 Å². The monoisotopic (exact) mass is 331 g/mol. The minimum absolute atomic E-state index is 0.574. The van der Waals surface area contributed by atoms with Gasteiger partial charge in [-0.25, -0.2) is 0 Å². The lowest BCUT2D eigenvalue weighted by Gasteiger charge is -2.19. The number of pyridine rings is 1. The summed E-state index contributed by atoms with van der Waals surface area (Å²) in [6.07, 6.45) is 6.93. The Balaban J connectivity index is 1.55. The second-order valence-corrected chi connectivity index (χ2v) is 6.82. The van der Waals surface area contributed by atoms with Crippen molar-refractivity contribution in [1.82, 2.24) is 9.88 Å². The zero-order chi connectivity index (χ0) is 17.2. The van der Waals surface area contributed by atoms with E-state index >= 15 is 0 Å². The van der Waals surface area contributed by atoms with Gasteiger partial charge in [-0.1, -0.05) is 6.07 Å². The molecule has 0 radical (unpaired) electrons. The lowest BCUT2D eigenvalue weighted by atomic mass is 10.0. The number of rotatable bonds is 4. The highest BCUT2D eigenvalue weighted by molar-refractivity contribution is 5.84. The fourth-order valence-electron chi connectivity index (χ4n) is 3.64. The second-order valence-electron chi connectivity index (χ2n) is 6.82. The molecule has 3 aromatic rings. The SMILES string of the molecule is C[C@@H]1CCCN1CCc1cc2cc(-c3cncc(C#N)c3)ccc2o1. The van der Waals surface area contributed by atoms with Crippen molar-refractivity contribution in [2.24, 2.45) is 0 Å². The average Bonchev–Trinajstić information content (AvgIpc) is 3.24. The number of hydrogen-bond acceptors (Lipinski definition) is 4. The van der Waals surface area contributed by atoms with Gasteiger partial charge in [0.05, 0.1) is 5.56 Å². The third-order valence-corrected chi connectivity index (χ3v) is 5.10. The summed E-state index contributed by atoms with van der Waals surface area (Å²) in [7, 11) is 0. The summed E-state index contributed by atoms with van der Waals surface area (Å²) in [5.74, 6) is 1.04. The molecule has 1 aromatic carbocycles. The van der Waals surface area contributed by atoms with Crippen molar-refractivity contribution in [3.05, 3.63) is 54.0 Å². The van der Waals surface area contributed by atoms with Crippen molar-refractivity contribution in [2.45, 2.75) is 32.2 Å². The molecule has 2 aromatic heterocycles. The maximum Gasteiger partial charge on any atom is 0.134 e. The summed E-state index contributed by atoms with van der Waals surface area (Å²) in [5.41, 5.74) is 3.50. The molecule has 25 heavy (non-hydrogen) atoms. The number of nitriles is 1. The smallest absolute Gasteiger partial charge is 0.134 e. The summed E-state index contributed by atoms with van der Waals surface area (Å²) in [5, 5.41) is 10.1. The molecular formula is C21H21N3O. The van der Waals surface area contributed by atoms with Crippen molar-refractivity contribution in [1.29, 1.82) is 5.26 Å². The summed E-state index contributed by atoms with van der Waals surface area (Å²) in [6, 6.07) is 13.0. The first kappa shape index (κ1) is 15.9. The molecule has 3 heterocycles. The van der Waals surface area contributed by atoms with E-state index < -0.39 is 0 Å². The van der Waals surface area contributed by atoms with Crippen LogP contribution >= 0.6 is 0 Å². The molecule has 4 rings (SSSR count). The van der Waals surface area contributed by atoms with Crippen LogP contribution in [0.4, 0.5) is 0 Å². The van der Waals surface area contributed by atoms with Gasteiger partial charge in [-0.15, -0.1) is 0 Å². The van der Waals surface area contributed by atoms with Gasteiger partial charge in [0.2, 0.25) is 0 Å². The predicted octanol–water partition coefficient (Wildman–Crippen LogP) is 4.39. The third-order valence-electron chi connectivity index (χ3n) is 5.10. The topological polar surface area (TPSA) is 53.1 Å². The Labute approximate surface area is 147 Å². The van der Waals surface area contributed by atoms with Crippen molar-refractivity contribution in [2.75, 3.05) is 13.1 Å². The molecule has 4 heteroatoms. The fourth-order valence-corrected chi connectivity index (χ4v) is 3.64. The summed E-state index contributed by atoms with van der Waals surface area (Å²) in [6.45, 7) is 4.57. The maximum absolute atomic E-state index is 9.04. The predicted molar refractivity (Wildman–Crippen MR) is 98.1 cm³/mol. The third kappa shape index (κ3) is 3.29. The summed E-state index contributed by atoms with van der Waals surface area (Å²) >= 11 is 0. The minimum Gasteiger partial charge on any atom is -0.461 e. The molecule has 1 fully saturated rings. The Morgan fingerprint density at radius 1 is 1.24 bits per heavy atom. The van der Waals surface area contributed by atoms with Crippen LogP contribution in [0.25, 0.3) is 22.1 Å². The maximum atomic E-state index is 9.04. The molecule has 1 atom stereocenters. The molecule has 0 amide bonds. The molecule has 0 saturated carbocycles. The van der Waals surface area contributed by atoms with Crippen LogP contribution in [0.3, 0.4) is 0 Å². The van der Waals surface area contributed by atoms with Crippen LogP contribution in [0.1, 0.15) is 31.1 Å². The van der Waals surface area contributed by atoms with Crippen molar-refractivity contribution in [3.8, 4) is 17.2 Å². The number of benzene rings is 1. The van der Waals surface area contributed by atoms with E-state index in [9.17, 15) is 0 Å². The van der Waals surface area contributed by atoms with Crippen LogP contribution in [0.15, 0.2) is 47.1 Å². The highest BCUT2D eigenvalue weighted by Gasteiger charge is 2.20. The van der Waals surface area contributed by atoms with Gasteiger partial charge < -0.3 is 9.32 Å². The van der Waals surface area contributed by atoms with Gasteiger partial charge >= 0.3 is 0 Å². The van der Waals surface area contributed by atoms with Gasteiger partial charge in [0.15, 0.2) is 0 Å². The zero-order valence-corrected chi connectivity index (χ0v) is 14.4.